The van der Waals surface area contributed by atoms with Gasteiger partial charge >= 0.3 is 0 Å². The summed E-state index contributed by atoms with van der Waals surface area (Å²) >= 11 is 5.93. The largest absolute Gasteiger partial charge is 0.381 e. The molecule has 0 aliphatic rings. The molecule has 0 spiro atoms. The molecule has 0 radical (unpaired) electrons. The minimum absolute atomic E-state index is 0.124. The van der Waals surface area contributed by atoms with Crippen LogP contribution in [-0.4, -0.2) is 19.3 Å². The lowest BCUT2D eigenvalue weighted by Crippen LogP contribution is -2.25. The van der Waals surface area contributed by atoms with Crippen LogP contribution in [-0.2, 0) is 11.2 Å². The summed E-state index contributed by atoms with van der Waals surface area (Å²) in [6.07, 6.45) is 2.15. The Bertz CT molecular complexity index is 326. The molecule has 1 rings (SSSR count). The number of hydrogen-bond donors (Lipinski definition) is 1. The zero-order chi connectivity index (χ0) is 12.7. The van der Waals surface area contributed by atoms with Gasteiger partial charge in [-0.05, 0) is 31.4 Å². The Morgan fingerprint density at radius 3 is 2.82 bits per heavy atom. The fourth-order valence-electron chi connectivity index (χ4n) is 1.57. The van der Waals surface area contributed by atoms with E-state index in [-0.39, 0.29) is 11.9 Å². The molecule has 0 amide bonds. The summed E-state index contributed by atoms with van der Waals surface area (Å²) in [5.74, 6) is -0.289. The topological polar surface area (TPSA) is 35.2 Å². The summed E-state index contributed by atoms with van der Waals surface area (Å²) in [4.78, 5) is 0. The van der Waals surface area contributed by atoms with Gasteiger partial charge in [-0.1, -0.05) is 24.6 Å². The van der Waals surface area contributed by atoms with Gasteiger partial charge in [0, 0.05) is 29.8 Å². The SMILES string of the molecule is CCCOCCC(N)Cc1c(F)cccc1Cl. The van der Waals surface area contributed by atoms with Crippen molar-refractivity contribution in [2.75, 3.05) is 13.2 Å². The molecule has 1 atom stereocenters. The molecule has 1 aromatic carbocycles. The van der Waals surface area contributed by atoms with Crippen LogP contribution in [0.2, 0.25) is 5.02 Å². The molecule has 0 saturated heterocycles. The van der Waals surface area contributed by atoms with Gasteiger partial charge in [-0.25, -0.2) is 4.39 Å². The van der Waals surface area contributed by atoms with E-state index in [1.807, 2.05) is 0 Å². The maximum atomic E-state index is 13.5. The predicted octanol–water partition coefficient (Wildman–Crippen LogP) is 3.17. The lowest BCUT2D eigenvalue weighted by molar-refractivity contribution is 0.127. The molecule has 0 bridgehead atoms. The van der Waals surface area contributed by atoms with Crippen molar-refractivity contribution in [1.82, 2.24) is 0 Å². The van der Waals surface area contributed by atoms with Crippen LogP contribution < -0.4 is 5.73 Å². The van der Waals surface area contributed by atoms with Gasteiger partial charge in [-0.15, -0.1) is 0 Å². The molecule has 0 fully saturated rings. The van der Waals surface area contributed by atoms with Crippen LogP contribution in [0.4, 0.5) is 4.39 Å². The minimum atomic E-state index is -0.289. The number of halogens is 2. The van der Waals surface area contributed by atoms with Crippen LogP contribution >= 0.6 is 11.6 Å². The van der Waals surface area contributed by atoms with E-state index < -0.39 is 0 Å². The van der Waals surface area contributed by atoms with E-state index in [1.54, 1.807) is 12.1 Å². The summed E-state index contributed by atoms with van der Waals surface area (Å²) in [5, 5.41) is 0.440. The smallest absolute Gasteiger partial charge is 0.127 e. The van der Waals surface area contributed by atoms with Gasteiger partial charge in [-0.2, -0.15) is 0 Å². The number of rotatable bonds is 7. The van der Waals surface area contributed by atoms with E-state index in [0.29, 0.717) is 30.0 Å². The number of ether oxygens (including phenoxy) is 1. The Hall–Kier alpha value is -0.640. The van der Waals surface area contributed by atoms with E-state index in [4.69, 9.17) is 22.1 Å². The van der Waals surface area contributed by atoms with Crippen LogP contribution in [0.3, 0.4) is 0 Å². The molecule has 2 N–H and O–H groups in total. The van der Waals surface area contributed by atoms with Crippen LogP contribution in [0.5, 0.6) is 0 Å². The molecule has 0 aliphatic heterocycles. The monoisotopic (exact) mass is 259 g/mol. The minimum Gasteiger partial charge on any atom is -0.381 e. The van der Waals surface area contributed by atoms with E-state index >= 15 is 0 Å². The lowest BCUT2D eigenvalue weighted by atomic mass is 10.0. The molecule has 0 aromatic heterocycles. The second kappa shape index (κ2) is 7.64. The second-order valence-corrected chi connectivity index (χ2v) is 4.47. The Balaban J connectivity index is 2.42. The third kappa shape index (κ3) is 5.02. The molecule has 1 aromatic rings. The number of hydrogen-bond acceptors (Lipinski definition) is 2. The zero-order valence-electron chi connectivity index (χ0n) is 10.1. The van der Waals surface area contributed by atoms with Gasteiger partial charge in [0.05, 0.1) is 0 Å². The lowest BCUT2D eigenvalue weighted by Gasteiger charge is -2.13. The predicted molar refractivity (Wildman–Crippen MR) is 68.8 cm³/mol. The van der Waals surface area contributed by atoms with Crippen molar-refractivity contribution in [3.63, 3.8) is 0 Å². The van der Waals surface area contributed by atoms with Crippen molar-refractivity contribution < 1.29 is 9.13 Å². The molecule has 17 heavy (non-hydrogen) atoms. The standard InChI is InChI=1S/C13H19ClFNO/c1-2-7-17-8-6-10(16)9-11-12(14)4-3-5-13(11)15/h3-5,10H,2,6-9,16H2,1H3. The Morgan fingerprint density at radius 2 is 2.18 bits per heavy atom. The van der Waals surface area contributed by atoms with Crippen molar-refractivity contribution in [2.45, 2.75) is 32.2 Å². The molecule has 1 unspecified atom stereocenters. The van der Waals surface area contributed by atoms with Crippen molar-refractivity contribution in [3.8, 4) is 0 Å². The van der Waals surface area contributed by atoms with Crippen LogP contribution in [0.25, 0.3) is 0 Å². The van der Waals surface area contributed by atoms with Gasteiger partial charge in [0.15, 0.2) is 0 Å². The highest BCUT2D eigenvalue weighted by molar-refractivity contribution is 6.31. The third-order valence-electron chi connectivity index (χ3n) is 2.51. The first-order chi connectivity index (χ1) is 8.15. The van der Waals surface area contributed by atoms with Crippen molar-refractivity contribution >= 4 is 11.6 Å². The highest BCUT2D eigenvalue weighted by Gasteiger charge is 2.11. The average molecular weight is 260 g/mol. The van der Waals surface area contributed by atoms with Crippen LogP contribution in [0.15, 0.2) is 18.2 Å². The molecular formula is C13H19ClFNO. The Morgan fingerprint density at radius 1 is 1.41 bits per heavy atom. The first-order valence-electron chi connectivity index (χ1n) is 5.91. The fourth-order valence-corrected chi connectivity index (χ4v) is 1.81. The van der Waals surface area contributed by atoms with Gasteiger partial charge in [0.25, 0.3) is 0 Å². The quantitative estimate of drug-likeness (QED) is 0.764. The Kier molecular flexibility index (Phi) is 6.48. The average Bonchev–Trinajstić information content (AvgIpc) is 2.30. The fraction of sp³-hybridized carbons (Fsp3) is 0.538. The highest BCUT2D eigenvalue weighted by Crippen LogP contribution is 2.20. The Labute approximate surface area is 107 Å². The number of benzene rings is 1. The molecule has 0 heterocycles. The summed E-state index contributed by atoms with van der Waals surface area (Å²) < 4.78 is 18.8. The summed E-state index contributed by atoms with van der Waals surface area (Å²) in [5.41, 5.74) is 6.42. The first kappa shape index (κ1) is 14.4. The van der Waals surface area contributed by atoms with Crippen molar-refractivity contribution in [3.05, 3.63) is 34.6 Å². The normalized spacial score (nSPS) is 12.7. The third-order valence-corrected chi connectivity index (χ3v) is 2.86. The van der Waals surface area contributed by atoms with Gasteiger partial charge in [-0.3, -0.25) is 0 Å². The van der Waals surface area contributed by atoms with Crippen LogP contribution in [0.1, 0.15) is 25.3 Å². The van der Waals surface area contributed by atoms with E-state index in [9.17, 15) is 4.39 Å². The zero-order valence-corrected chi connectivity index (χ0v) is 10.8. The maximum absolute atomic E-state index is 13.5. The summed E-state index contributed by atoms with van der Waals surface area (Å²) in [6, 6.07) is 4.56. The maximum Gasteiger partial charge on any atom is 0.127 e. The molecule has 4 heteroatoms. The van der Waals surface area contributed by atoms with E-state index in [0.717, 1.165) is 13.0 Å². The molecule has 96 valence electrons. The van der Waals surface area contributed by atoms with E-state index in [2.05, 4.69) is 6.92 Å². The van der Waals surface area contributed by atoms with E-state index in [1.165, 1.54) is 6.07 Å². The highest BCUT2D eigenvalue weighted by atomic mass is 35.5. The van der Waals surface area contributed by atoms with Crippen molar-refractivity contribution in [2.24, 2.45) is 5.73 Å². The van der Waals surface area contributed by atoms with Crippen molar-refractivity contribution in [1.29, 1.82) is 0 Å². The summed E-state index contributed by atoms with van der Waals surface area (Å²) in [7, 11) is 0. The molecular weight excluding hydrogens is 241 g/mol. The van der Waals surface area contributed by atoms with Crippen LogP contribution in [0, 0.1) is 5.82 Å². The molecule has 2 nitrogen and oxygen atoms in total. The summed E-state index contributed by atoms with van der Waals surface area (Å²) in [6.45, 7) is 3.41. The first-order valence-corrected chi connectivity index (χ1v) is 6.29. The second-order valence-electron chi connectivity index (χ2n) is 4.07. The van der Waals surface area contributed by atoms with Gasteiger partial charge in [0.2, 0.25) is 0 Å². The van der Waals surface area contributed by atoms with Gasteiger partial charge < -0.3 is 10.5 Å². The molecule has 0 saturated carbocycles. The molecule has 0 aliphatic carbocycles. The van der Waals surface area contributed by atoms with Gasteiger partial charge in [0.1, 0.15) is 5.82 Å². The number of nitrogens with two attached hydrogens (primary N) is 1.